The average Bonchev–Trinajstić information content (AvgIpc) is 3.09. The van der Waals surface area contributed by atoms with E-state index in [1.54, 1.807) is 18.7 Å². The maximum atomic E-state index is 15.2. The second-order valence-corrected chi connectivity index (χ2v) is 16.3. The number of hydrogen-bond acceptors (Lipinski definition) is 4. The van der Waals surface area contributed by atoms with Crippen LogP contribution in [0.25, 0.3) is 0 Å². The van der Waals surface area contributed by atoms with E-state index in [0.29, 0.717) is 16.7 Å². The molecule has 0 aliphatic carbocycles. The Kier molecular flexibility index (Phi) is 9.52. The van der Waals surface area contributed by atoms with E-state index in [1.165, 1.54) is 0 Å². The number of amides is 1. The maximum Gasteiger partial charge on any atom is 0.235 e. The highest BCUT2D eigenvalue weighted by Gasteiger charge is 2.57. The van der Waals surface area contributed by atoms with Crippen LogP contribution in [0.15, 0.2) is 152 Å². The van der Waals surface area contributed by atoms with Gasteiger partial charge < -0.3 is 10.0 Å². The molecule has 1 aliphatic rings. The molecule has 0 bridgehead atoms. The van der Waals surface area contributed by atoms with Crippen molar-refractivity contribution < 1.29 is 14.7 Å². The van der Waals surface area contributed by atoms with Gasteiger partial charge in [-0.25, -0.2) is 0 Å². The lowest BCUT2D eigenvalue weighted by Gasteiger charge is -2.54. The Balaban J connectivity index is 1.70. The Labute approximate surface area is 282 Å². The van der Waals surface area contributed by atoms with Gasteiger partial charge in [-0.1, -0.05) is 164 Å². The quantitative estimate of drug-likeness (QED) is 0.0783. The van der Waals surface area contributed by atoms with Crippen molar-refractivity contribution in [2.45, 2.75) is 38.3 Å². The van der Waals surface area contributed by atoms with Crippen LogP contribution in [0, 0.1) is 5.92 Å². The molecule has 5 aromatic rings. The van der Waals surface area contributed by atoms with Crippen molar-refractivity contribution in [2.24, 2.45) is 5.92 Å². The van der Waals surface area contributed by atoms with E-state index in [-0.39, 0.29) is 18.1 Å². The van der Waals surface area contributed by atoms with Gasteiger partial charge in [0, 0.05) is 24.6 Å². The summed E-state index contributed by atoms with van der Waals surface area (Å²) in [6.07, 6.45) is 0.456. The molecule has 2 unspecified atom stereocenters. The Morgan fingerprint density at radius 3 is 1.53 bits per heavy atom. The largest absolute Gasteiger partial charge is 0.390 e. The molecular formula is C41H38NO3PS. The second-order valence-electron chi connectivity index (χ2n) is 12.5. The smallest absolute Gasteiger partial charge is 0.235 e. The molecule has 236 valence electrons. The van der Waals surface area contributed by atoms with Crippen LogP contribution in [0.2, 0.25) is 0 Å². The zero-order valence-electron chi connectivity index (χ0n) is 26.6. The third-order valence-electron chi connectivity index (χ3n) is 8.90. The van der Waals surface area contributed by atoms with Crippen molar-refractivity contribution in [3.05, 3.63) is 163 Å². The number of carbonyl (C=O) groups is 2. The SMILES string of the molecule is CC(C)(O)C1C(=O)N(C(C(=O)Cc2ccccc2)=P(c2ccccc2)(c2ccccc2)c2ccccc2)C1CC(=S)c1ccccc1. The monoisotopic (exact) mass is 655 g/mol. The van der Waals surface area contributed by atoms with Gasteiger partial charge in [0.1, 0.15) is 0 Å². The van der Waals surface area contributed by atoms with Crippen molar-refractivity contribution in [2.75, 3.05) is 0 Å². The fourth-order valence-electron chi connectivity index (χ4n) is 6.83. The van der Waals surface area contributed by atoms with Crippen LogP contribution in [-0.2, 0) is 16.0 Å². The molecule has 2 atom stereocenters. The van der Waals surface area contributed by atoms with Gasteiger partial charge in [-0.3, -0.25) is 9.59 Å². The Bertz CT molecular complexity index is 1820. The van der Waals surface area contributed by atoms with Crippen LogP contribution in [0.4, 0.5) is 0 Å². The highest BCUT2D eigenvalue weighted by molar-refractivity contribution is 7.96. The highest BCUT2D eigenvalue weighted by atomic mass is 32.1. The molecule has 47 heavy (non-hydrogen) atoms. The predicted octanol–water partition coefficient (Wildman–Crippen LogP) is 6.33. The predicted molar refractivity (Wildman–Crippen MR) is 198 cm³/mol. The van der Waals surface area contributed by atoms with Gasteiger partial charge in [0.25, 0.3) is 0 Å². The van der Waals surface area contributed by atoms with Gasteiger partial charge in [0.15, 0.2) is 5.78 Å². The number of thiocarbonyl (C=S) groups is 1. The third-order valence-corrected chi connectivity index (χ3v) is 13.6. The first-order chi connectivity index (χ1) is 22.7. The number of Topliss-reactive ketones (excluding diaryl/α,β-unsaturated/α-hetero) is 1. The van der Waals surface area contributed by atoms with Crippen LogP contribution in [0.3, 0.4) is 0 Å². The number of rotatable bonds is 11. The van der Waals surface area contributed by atoms with Gasteiger partial charge in [-0.15, -0.1) is 0 Å². The minimum absolute atomic E-state index is 0.122. The minimum Gasteiger partial charge on any atom is -0.390 e. The van der Waals surface area contributed by atoms with Gasteiger partial charge in [-0.2, -0.15) is 0 Å². The second kappa shape index (κ2) is 13.8. The summed E-state index contributed by atoms with van der Waals surface area (Å²) in [4.78, 5) is 32.3. The molecule has 5 aromatic carbocycles. The minimum atomic E-state index is -3.00. The molecule has 0 aromatic heterocycles. The van der Waals surface area contributed by atoms with E-state index in [2.05, 4.69) is 36.4 Å². The molecule has 1 heterocycles. The molecule has 6 heteroatoms. The number of aliphatic hydroxyl groups is 1. The van der Waals surface area contributed by atoms with Crippen LogP contribution >= 0.6 is 19.1 Å². The summed E-state index contributed by atoms with van der Waals surface area (Å²) in [5.41, 5.74) is 0.900. The number of nitrogens with zero attached hydrogens (tertiary/aromatic N) is 1. The number of likely N-dealkylation sites (tertiary alicyclic amines) is 1. The van der Waals surface area contributed by atoms with Gasteiger partial charge >= 0.3 is 0 Å². The fourth-order valence-corrected chi connectivity index (χ4v) is 11.6. The first-order valence-corrected chi connectivity index (χ1v) is 18.1. The summed E-state index contributed by atoms with van der Waals surface area (Å²) in [7, 11) is 0. The van der Waals surface area contributed by atoms with E-state index in [4.69, 9.17) is 12.2 Å². The van der Waals surface area contributed by atoms with Crippen molar-refractivity contribution in [1.29, 1.82) is 0 Å². The van der Waals surface area contributed by atoms with E-state index in [1.807, 2.05) is 115 Å². The molecule has 1 N–H and O–H groups in total. The Morgan fingerprint density at radius 2 is 1.11 bits per heavy atom. The van der Waals surface area contributed by atoms with Crippen LogP contribution in [0.1, 0.15) is 31.4 Å². The molecule has 1 amide bonds. The summed E-state index contributed by atoms with van der Waals surface area (Å²) in [5.74, 6) is -1.13. The van der Waals surface area contributed by atoms with Crippen molar-refractivity contribution in [3.8, 4) is 0 Å². The number of benzene rings is 5. The standard InChI is InChI=1S/C41H38NO3PS/c1-41(2,45)38-35(29-37(47)31-20-10-4-11-21-31)42(39(38)44)40(36(43)28-30-18-8-3-9-19-30)46(32-22-12-5-13-23-32,33-24-14-6-15-25-33)34-26-16-7-17-27-34/h3-27,35,38,45H,28-29H2,1-2H3. The van der Waals surface area contributed by atoms with Gasteiger partial charge in [0.2, 0.25) is 5.91 Å². The van der Waals surface area contributed by atoms with Crippen LogP contribution in [0.5, 0.6) is 0 Å². The number of hydrogen-bond donors (Lipinski definition) is 1. The third kappa shape index (κ3) is 6.32. The number of carbonyl (C=O) groups excluding carboxylic acids is 2. The highest BCUT2D eigenvalue weighted by Crippen LogP contribution is 2.51. The summed E-state index contributed by atoms with van der Waals surface area (Å²) in [6, 6.07) is 49.2. The van der Waals surface area contributed by atoms with Crippen LogP contribution < -0.4 is 15.9 Å². The molecule has 1 saturated heterocycles. The van der Waals surface area contributed by atoms with E-state index >= 15 is 4.79 Å². The lowest BCUT2D eigenvalue weighted by molar-refractivity contribution is -0.163. The summed E-state index contributed by atoms with van der Waals surface area (Å²) in [6.45, 7) is 0.344. The Hall–Kier alpha value is -4.41. The molecule has 6 rings (SSSR count). The topological polar surface area (TPSA) is 57.6 Å². The summed E-state index contributed by atoms with van der Waals surface area (Å²) in [5, 5.41) is 14.3. The molecule has 1 fully saturated rings. The first-order valence-electron chi connectivity index (χ1n) is 15.9. The van der Waals surface area contributed by atoms with E-state index < -0.39 is 24.4 Å². The summed E-state index contributed by atoms with van der Waals surface area (Å²) >= 11 is 5.99. The van der Waals surface area contributed by atoms with E-state index in [9.17, 15) is 9.90 Å². The van der Waals surface area contributed by atoms with Crippen molar-refractivity contribution in [1.82, 2.24) is 4.90 Å². The Morgan fingerprint density at radius 1 is 0.702 bits per heavy atom. The zero-order valence-corrected chi connectivity index (χ0v) is 28.3. The zero-order chi connectivity index (χ0) is 33.0. The lowest BCUT2D eigenvalue weighted by atomic mass is 9.73. The molecule has 0 radical (unpaired) electrons. The maximum absolute atomic E-state index is 15.2. The fraction of sp³-hybridized carbons (Fsp3) is 0.171. The lowest BCUT2D eigenvalue weighted by Crippen LogP contribution is -2.70. The molecule has 4 nitrogen and oxygen atoms in total. The first kappa shape index (κ1) is 32.5. The summed E-state index contributed by atoms with van der Waals surface area (Å²) < 4.78 is 0. The number of ketones is 1. The van der Waals surface area contributed by atoms with Gasteiger partial charge in [0.05, 0.1) is 23.0 Å². The van der Waals surface area contributed by atoms with E-state index in [0.717, 1.165) is 27.0 Å². The molecule has 1 aliphatic heterocycles. The van der Waals surface area contributed by atoms with Gasteiger partial charge in [-0.05, 0) is 40.9 Å². The molecule has 0 saturated carbocycles. The van der Waals surface area contributed by atoms with Crippen LogP contribution in [-0.4, -0.2) is 43.6 Å². The molecule has 0 spiro atoms. The van der Waals surface area contributed by atoms with Crippen molar-refractivity contribution in [3.63, 3.8) is 0 Å². The number of β-lactam (4-membered cyclic amide) rings is 1. The normalized spacial score (nSPS) is 16.3. The molecular weight excluding hydrogens is 617 g/mol. The average molecular weight is 656 g/mol. The van der Waals surface area contributed by atoms with Crippen molar-refractivity contribution >= 4 is 57.0 Å².